The molecule has 1 saturated heterocycles. The fourth-order valence-electron chi connectivity index (χ4n) is 3.01. The molecule has 3 amide bonds. The second kappa shape index (κ2) is 11.6. The second-order valence-corrected chi connectivity index (χ2v) is 9.27. The van der Waals surface area contributed by atoms with Gasteiger partial charge in [0, 0.05) is 44.3 Å². The minimum atomic E-state index is -0.0494. The van der Waals surface area contributed by atoms with Crippen LogP contribution in [0.3, 0.4) is 0 Å². The van der Waals surface area contributed by atoms with Crippen LogP contribution in [0.1, 0.15) is 41.0 Å². The molecule has 2 N–H and O–H groups in total. The number of thioether (sulfide) groups is 1. The number of anilines is 1. The maximum absolute atomic E-state index is 12.3. The molecule has 1 aliphatic rings. The summed E-state index contributed by atoms with van der Waals surface area (Å²) in [6, 6.07) is 1.86. The van der Waals surface area contributed by atoms with E-state index in [1.54, 1.807) is 6.07 Å². The van der Waals surface area contributed by atoms with Crippen molar-refractivity contribution in [3.63, 3.8) is 0 Å². The Bertz CT molecular complexity index is 735. The van der Waals surface area contributed by atoms with Gasteiger partial charge in [0.15, 0.2) is 5.16 Å². The van der Waals surface area contributed by atoms with Crippen LogP contribution in [-0.4, -0.2) is 70.8 Å². The monoisotopic (exact) mass is 456 g/mol. The lowest BCUT2D eigenvalue weighted by molar-refractivity contribution is -0.119. The Morgan fingerprint density at radius 1 is 1.30 bits per heavy atom. The van der Waals surface area contributed by atoms with E-state index in [4.69, 9.17) is 11.6 Å². The van der Waals surface area contributed by atoms with E-state index in [9.17, 15) is 9.59 Å². The summed E-state index contributed by atoms with van der Waals surface area (Å²) in [4.78, 5) is 37.2. The summed E-state index contributed by atoms with van der Waals surface area (Å²) in [6.45, 7) is 12.8. The molecule has 2 atom stereocenters. The molecule has 0 spiro atoms. The van der Waals surface area contributed by atoms with Gasteiger partial charge in [0.05, 0.1) is 5.75 Å². The molecule has 0 saturated carbocycles. The van der Waals surface area contributed by atoms with Crippen molar-refractivity contribution < 1.29 is 9.59 Å². The Kier molecular flexibility index (Phi) is 9.48. The van der Waals surface area contributed by atoms with Crippen LogP contribution in [0.25, 0.3) is 0 Å². The van der Waals surface area contributed by atoms with E-state index in [0.29, 0.717) is 48.2 Å². The highest BCUT2D eigenvalue weighted by molar-refractivity contribution is 7.99. The Morgan fingerprint density at radius 3 is 2.67 bits per heavy atom. The van der Waals surface area contributed by atoms with Crippen LogP contribution in [0, 0.1) is 5.92 Å². The number of amides is 3. The number of rotatable bonds is 8. The molecule has 2 heterocycles. The van der Waals surface area contributed by atoms with Crippen molar-refractivity contribution >= 4 is 41.1 Å². The maximum Gasteiger partial charge on any atom is 0.317 e. The second-order valence-electron chi connectivity index (χ2n) is 7.94. The zero-order chi connectivity index (χ0) is 22.3. The Hall–Kier alpha value is -1.74. The Morgan fingerprint density at radius 2 is 2.03 bits per heavy atom. The van der Waals surface area contributed by atoms with Crippen LogP contribution in [0.5, 0.6) is 0 Å². The lowest BCUT2D eigenvalue weighted by Gasteiger charge is -2.40. The third kappa shape index (κ3) is 7.19. The van der Waals surface area contributed by atoms with E-state index in [-0.39, 0.29) is 29.8 Å². The molecular weight excluding hydrogens is 424 g/mol. The predicted molar refractivity (Wildman–Crippen MR) is 122 cm³/mol. The number of hydrogen-bond donors (Lipinski definition) is 2. The third-order valence-electron chi connectivity index (χ3n) is 5.12. The van der Waals surface area contributed by atoms with E-state index in [1.807, 2.05) is 25.7 Å². The molecule has 2 unspecified atom stereocenters. The summed E-state index contributed by atoms with van der Waals surface area (Å²) in [5.41, 5.74) is 0. The summed E-state index contributed by atoms with van der Waals surface area (Å²) in [5.74, 6) is 1.27. The van der Waals surface area contributed by atoms with Gasteiger partial charge >= 0.3 is 6.03 Å². The smallest absolute Gasteiger partial charge is 0.317 e. The molecule has 10 heteroatoms. The van der Waals surface area contributed by atoms with Crippen molar-refractivity contribution in [1.29, 1.82) is 0 Å². The van der Waals surface area contributed by atoms with Gasteiger partial charge in [0.1, 0.15) is 11.0 Å². The highest BCUT2D eigenvalue weighted by Gasteiger charge is 2.28. The van der Waals surface area contributed by atoms with Gasteiger partial charge < -0.3 is 20.4 Å². The van der Waals surface area contributed by atoms with Crippen molar-refractivity contribution in [2.75, 3.05) is 36.8 Å². The number of carbonyl (C=O) groups excluding carboxylic acids is 2. The average Bonchev–Trinajstić information content (AvgIpc) is 2.69. The third-order valence-corrected chi connectivity index (χ3v) is 6.16. The van der Waals surface area contributed by atoms with Crippen LogP contribution in [0.15, 0.2) is 11.2 Å². The summed E-state index contributed by atoms with van der Waals surface area (Å²) in [6.07, 6.45) is 0.911. The first-order valence-corrected chi connectivity index (χ1v) is 11.8. The van der Waals surface area contributed by atoms with Crippen LogP contribution < -0.4 is 15.5 Å². The van der Waals surface area contributed by atoms with Crippen LogP contribution in [-0.2, 0) is 4.79 Å². The number of hydrogen-bond acceptors (Lipinski definition) is 6. The molecule has 0 aromatic carbocycles. The zero-order valence-electron chi connectivity index (χ0n) is 18.4. The molecule has 1 aromatic rings. The highest BCUT2D eigenvalue weighted by Crippen LogP contribution is 2.24. The first-order chi connectivity index (χ1) is 14.2. The largest absolute Gasteiger partial charge is 0.353 e. The van der Waals surface area contributed by atoms with Gasteiger partial charge in [-0.1, -0.05) is 44.1 Å². The van der Waals surface area contributed by atoms with Crippen molar-refractivity contribution in [2.45, 2.75) is 58.3 Å². The van der Waals surface area contributed by atoms with Gasteiger partial charge in [-0.3, -0.25) is 4.79 Å². The fourth-order valence-corrected chi connectivity index (χ4v) is 3.90. The van der Waals surface area contributed by atoms with Crippen LogP contribution in [0.2, 0.25) is 5.15 Å². The van der Waals surface area contributed by atoms with Gasteiger partial charge in [-0.05, 0) is 26.2 Å². The first-order valence-electron chi connectivity index (χ1n) is 10.5. The van der Waals surface area contributed by atoms with Crippen LogP contribution >= 0.6 is 23.4 Å². The Balaban J connectivity index is 1.97. The zero-order valence-corrected chi connectivity index (χ0v) is 20.0. The van der Waals surface area contributed by atoms with E-state index in [0.717, 1.165) is 6.42 Å². The maximum atomic E-state index is 12.3. The summed E-state index contributed by atoms with van der Waals surface area (Å²) < 4.78 is 0. The quantitative estimate of drug-likeness (QED) is 0.355. The minimum Gasteiger partial charge on any atom is -0.353 e. The number of carbonyl (C=O) groups is 2. The van der Waals surface area contributed by atoms with Crippen molar-refractivity contribution in [3.8, 4) is 0 Å². The lowest BCUT2D eigenvalue weighted by Crippen LogP contribution is -2.56. The van der Waals surface area contributed by atoms with E-state index in [1.165, 1.54) is 11.8 Å². The standard InChI is InChI=1S/C20H33ClN6O2S/c1-6-7-22-20(29)27-9-8-26(11-14(27)4)17-10-16(21)24-19(25-17)30-12-18(28)23-15(5)13(2)3/h10,13-15H,6-9,11-12H2,1-5H3,(H,22,29)(H,23,28). The minimum absolute atomic E-state index is 0.0254. The normalized spacial score (nSPS) is 17.8. The van der Waals surface area contributed by atoms with Crippen molar-refractivity contribution in [1.82, 2.24) is 25.5 Å². The molecule has 8 nitrogen and oxygen atoms in total. The van der Waals surface area contributed by atoms with Gasteiger partial charge in [-0.2, -0.15) is 0 Å². The van der Waals surface area contributed by atoms with Gasteiger partial charge in [0.25, 0.3) is 0 Å². The molecule has 2 rings (SSSR count). The lowest BCUT2D eigenvalue weighted by atomic mass is 10.1. The number of aromatic nitrogens is 2. The SMILES string of the molecule is CCCNC(=O)N1CCN(c2cc(Cl)nc(SCC(=O)NC(C)C(C)C)n2)CC1C. The van der Waals surface area contributed by atoms with Gasteiger partial charge in [-0.15, -0.1) is 0 Å². The summed E-state index contributed by atoms with van der Waals surface area (Å²) in [5, 5.41) is 6.72. The van der Waals surface area contributed by atoms with Crippen molar-refractivity contribution in [3.05, 3.63) is 11.2 Å². The molecule has 1 aliphatic heterocycles. The fraction of sp³-hybridized carbons (Fsp3) is 0.700. The number of urea groups is 1. The number of piperazine rings is 1. The molecule has 0 radical (unpaired) electrons. The molecular formula is C20H33ClN6O2S. The Labute approximate surface area is 188 Å². The van der Waals surface area contributed by atoms with Crippen molar-refractivity contribution in [2.24, 2.45) is 5.92 Å². The first kappa shape index (κ1) is 24.5. The number of halogens is 1. The molecule has 1 fully saturated rings. The molecule has 0 bridgehead atoms. The van der Waals surface area contributed by atoms with E-state index >= 15 is 0 Å². The molecule has 1 aromatic heterocycles. The van der Waals surface area contributed by atoms with E-state index < -0.39 is 0 Å². The highest BCUT2D eigenvalue weighted by atomic mass is 35.5. The van der Waals surface area contributed by atoms with Gasteiger partial charge in [0.2, 0.25) is 5.91 Å². The predicted octanol–water partition coefficient (Wildman–Crippen LogP) is 3.01. The molecule has 30 heavy (non-hydrogen) atoms. The topological polar surface area (TPSA) is 90.5 Å². The molecule has 168 valence electrons. The average molecular weight is 457 g/mol. The van der Waals surface area contributed by atoms with Gasteiger partial charge in [-0.25, -0.2) is 14.8 Å². The number of nitrogens with one attached hydrogen (secondary N) is 2. The van der Waals surface area contributed by atoms with E-state index in [2.05, 4.69) is 39.3 Å². The summed E-state index contributed by atoms with van der Waals surface area (Å²) >= 11 is 7.49. The summed E-state index contributed by atoms with van der Waals surface area (Å²) in [7, 11) is 0. The van der Waals surface area contributed by atoms with Crippen LogP contribution in [0.4, 0.5) is 10.6 Å². The molecule has 0 aliphatic carbocycles. The number of nitrogens with zero attached hydrogens (tertiary/aromatic N) is 4.